The third-order valence-electron chi connectivity index (χ3n) is 3.11. The van der Waals surface area contributed by atoms with Crippen molar-refractivity contribution in [2.75, 3.05) is 11.9 Å². The van der Waals surface area contributed by atoms with Crippen LogP contribution in [0, 0.1) is 10.1 Å². The summed E-state index contributed by atoms with van der Waals surface area (Å²) in [4.78, 5) is 41.3. The minimum atomic E-state index is -0.631. The number of carbonyl (C=O) groups excluding carboxylic acids is 2. The van der Waals surface area contributed by atoms with Crippen molar-refractivity contribution in [2.45, 2.75) is 6.54 Å². The monoisotopic (exact) mass is 361 g/mol. The average Bonchev–Trinajstić information content (AvgIpc) is 3.21. The largest absolute Gasteiger partial charge is 0.454 e. The van der Waals surface area contributed by atoms with Gasteiger partial charge in [0.1, 0.15) is 12.7 Å². The fourth-order valence-electron chi connectivity index (χ4n) is 2.03. The van der Waals surface area contributed by atoms with Gasteiger partial charge in [0.25, 0.3) is 5.91 Å². The van der Waals surface area contributed by atoms with E-state index >= 15 is 0 Å². The minimum absolute atomic E-state index is 0.0633. The van der Waals surface area contributed by atoms with Crippen molar-refractivity contribution in [1.29, 1.82) is 0 Å². The quantitative estimate of drug-likeness (QED) is 0.401. The SMILES string of the molecule is O=C(COC(=O)Cn1cnc2ccccc21)Nc1ncc([N+](=O)[O-])s1. The lowest BCUT2D eigenvalue weighted by Crippen LogP contribution is -2.22. The van der Waals surface area contributed by atoms with Crippen molar-refractivity contribution in [2.24, 2.45) is 0 Å². The van der Waals surface area contributed by atoms with Gasteiger partial charge in [0, 0.05) is 0 Å². The molecule has 0 unspecified atom stereocenters. The van der Waals surface area contributed by atoms with E-state index in [1.165, 1.54) is 6.33 Å². The third-order valence-corrected chi connectivity index (χ3v) is 3.98. The number of aromatic nitrogens is 3. The summed E-state index contributed by atoms with van der Waals surface area (Å²) in [5, 5.41) is 12.7. The summed E-state index contributed by atoms with van der Waals surface area (Å²) < 4.78 is 6.51. The highest BCUT2D eigenvalue weighted by atomic mass is 32.1. The molecule has 0 fully saturated rings. The molecular formula is C14H11N5O5S. The molecule has 10 nitrogen and oxygen atoms in total. The van der Waals surface area contributed by atoms with Gasteiger partial charge in [0.2, 0.25) is 0 Å². The molecule has 2 heterocycles. The van der Waals surface area contributed by atoms with Crippen molar-refractivity contribution < 1.29 is 19.2 Å². The van der Waals surface area contributed by atoms with Crippen LogP contribution in [-0.2, 0) is 20.9 Å². The molecule has 0 aliphatic carbocycles. The van der Waals surface area contributed by atoms with Crippen LogP contribution in [0.25, 0.3) is 11.0 Å². The maximum Gasteiger partial charge on any atom is 0.345 e. The summed E-state index contributed by atoms with van der Waals surface area (Å²) >= 11 is 0.714. The number of esters is 1. The Labute approximate surface area is 144 Å². The number of rotatable bonds is 6. The Bertz CT molecular complexity index is 950. The van der Waals surface area contributed by atoms with Crippen LogP contribution in [-0.4, -0.2) is 37.9 Å². The zero-order valence-electron chi connectivity index (χ0n) is 12.6. The summed E-state index contributed by atoms with van der Waals surface area (Å²) in [5.74, 6) is -1.24. The number of benzene rings is 1. The summed E-state index contributed by atoms with van der Waals surface area (Å²) in [6.07, 6.45) is 2.55. The van der Waals surface area contributed by atoms with Gasteiger partial charge in [-0.2, -0.15) is 0 Å². The number of hydrogen-bond acceptors (Lipinski definition) is 8. The van der Waals surface area contributed by atoms with Gasteiger partial charge in [-0.15, -0.1) is 0 Å². The first kappa shape index (κ1) is 16.5. The maximum absolute atomic E-state index is 11.9. The molecule has 11 heteroatoms. The Hall–Kier alpha value is -3.34. The number of amides is 1. The molecule has 0 spiro atoms. The smallest absolute Gasteiger partial charge is 0.345 e. The Morgan fingerprint density at radius 3 is 2.88 bits per heavy atom. The molecule has 0 bridgehead atoms. The van der Waals surface area contributed by atoms with Gasteiger partial charge in [-0.3, -0.25) is 25.0 Å². The van der Waals surface area contributed by atoms with Crippen LogP contribution in [0.1, 0.15) is 0 Å². The molecule has 0 aliphatic rings. The van der Waals surface area contributed by atoms with Gasteiger partial charge in [-0.25, -0.2) is 9.97 Å². The number of anilines is 1. The molecule has 2 aromatic heterocycles. The van der Waals surface area contributed by atoms with E-state index in [4.69, 9.17) is 4.74 Å². The maximum atomic E-state index is 11.9. The number of para-hydroxylation sites is 2. The Morgan fingerprint density at radius 1 is 1.32 bits per heavy atom. The molecule has 0 radical (unpaired) electrons. The molecule has 3 aromatic rings. The summed E-state index contributed by atoms with van der Waals surface area (Å²) in [7, 11) is 0. The zero-order chi connectivity index (χ0) is 17.8. The standard InChI is InChI=1S/C14H11N5O5S/c20-11(17-14-15-5-12(25-14)19(22)23)7-24-13(21)6-18-8-16-9-3-1-2-4-10(9)18/h1-5,8H,6-7H2,(H,15,17,20). The number of thiazole rings is 1. The third kappa shape index (κ3) is 3.95. The molecule has 1 N–H and O–H groups in total. The van der Waals surface area contributed by atoms with Crippen LogP contribution in [0.2, 0.25) is 0 Å². The molecule has 1 amide bonds. The first-order valence-electron chi connectivity index (χ1n) is 6.98. The Kier molecular flexibility index (Phi) is 4.66. The van der Waals surface area contributed by atoms with Gasteiger partial charge < -0.3 is 9.30 Å². The van der Waals surface area contributed by atoms with Gasteiger partial charge >= 0.3 is 11.0 Å². The summed E-state index contributed by atoms with van der Waals surface area (Å²) in [5.41, 5.74) is 1.53. The van der Waals surface area contributed by atoms with E-state index in [2.05, 4.69) is 15.3 Å². The second kappa shape index (κ2) is 7.05. The van der Waals surface area contributed by atoms with Crippen molar-refractivity contribution >= 4 is 44.4 Å². The molecule has 1 aromatic carbocycles. The van der Waals surface area contributed by atoms with Crippen LogP contribution in [0.5, 0.6) is 0 Å². The summed E-state index contributed by atoms with van der Waals surface area (Å²) in [6.45, 7) is -0.602. The van der Waals surface area contributed by atoms with Gasteiger partial charge in [0.05, 0.1) is 22.3 Å². The first-order valence-corrected chi connectivity index (χ1v) is 7.80. The molecule has 25 heavy (non-hydrogen) atoms. The highest BCUT2D eigenvalue weighted by molar-refractivity contribution is 7.18. The number of ether oxygens (including phenoxy) is 1. The van der Waals surface area contributed by atoms with E-state index in [0.29, 0.717) is 11.3 Å². The lowest BCUT2D eigenvalue weighted by Gasteiger charge is -2.06. The van der Waals surface area contributed by atoms with Gasteiger partial charge in [-0.05, 0) is 23.5 Å². The number of nitrogens with zero attached hydrogens (tertiary/aromatic N) is 4. The van der Waals surface area contributed by atoms with Crippen LogP contribution in [0.15, 0.2) is 36.8 Å². The van der Waals surface area contributed by atoms with Gasteiger partial charge in [-0.1, -0.05) is 12.1 Å². The van der Waals surface area contributed by atoms with Crippen molar-refractivity contribution in [1.82, 2.24) is 14.5 Å². The molecule has 128 valence electrons. The van der Waals surface area contributed by atoms with Gasteiger partial charge in [0.15, 0.2) is 11.7 Å². The van der Waals surface area contributed by atoms with E-state index in [1.807, 2.05) is 24.3 Å². The topological polar surface area (TPSA) is 129 Å². The predicted octanol–water partition coefficient (Wildman–Crippen LogP) is 1.58. The van der Waals surface area contributed by atoms with Crippen LogP contribution in [0.4, 0.5) is 10.1 Å². The molecule has 0 saturated heterocycles. The van der Waals surface area contributed by atoms with E-state index in [1.54, 1.807) is 4.57 Å². The number of carbonyl (C=O) groups is 2. The normalized spacial score (nSPS) is 10.6. The highest BCUT2D eigenvalue weighted by Crippen LogP contribution is 2.24. The van der Waals surface area contributed by atoms with E-state index < -0.39 is 23.4 Å². The predicted molar refractivity (Wildman–Crippen MR) is 88.1 cm³/mol. The first-order chi connectivity index (χ1) is 12.0. The lowest BCUT2D eigenvalue weighted by atomic mass is 10.3. The average molecular weight is 361 g/mol. The highest BCUT2D eigenvalue weighted by Gasteiger charge is 2.15. The molecular weight excluding hydrogens is 350 g/mol. The number of nitrogens with one attached hydrogen (secondary N) is 1. The molecule has 0 aliphatic heterocycles. The fraction of sp³-hybridized carbons (Fsp3) is 0.143. The number of hydrogen-bond donors (Lipinski definition) is 1. The molecule has 0 saturated carbocycles. The summed E-state index contributed by atoms with van der Waals surface area (Å²) in [6, 6.07) is 7.30. The number of fused-ring (bicyclic) bond motifs is 1. The zero-order valence-corrected chi connectivity index (χ0v) is 13.4. The van der Waals surface area contributed by atoms with Crippen LogP contribution in [0.3, 0.4) is 0 Å². The Morgan fingerprint density at radius 2 is 2.12 bits per heavy atom. The van der Waals surface area contributed by atoms with Crippen molar-refractivity contribution in [3.63, 3.8) is 0 Å². The van der Waals surface area contributed by atoms with Crippen molar-refractivity contribution in [3.05, 3.63) is 46.9 Å². The van der Waals surface area contributed by atoms with E-state index in [0.717, 1.165) is 17.2 Å². The lowest BCUT2D eigenvalue weighted by molar-refractivity contribution is -0.380. The second-order valence-corrected chi connectivity index (χ2v) is 5.84. The second-order valence-electron chi connectivity index (χ2n) is 4.83. The molecule has 3 rings (SSSR count). The van der Waals surface area contributed by atoms with Crippen LogP contribution < -0.4 is 5.32 Å². The van der Waals surface area contributed by atoms with E-state index in [-0.39, 0.29) is 16.7 Å². The minimum Gasteiger partial charge on any atom is -0.454 e. The van der Waals surface area contributed by atoms with Crippen molar-refractivity contribution in [3.8, 4) is 0 Å². The fourth-order valence-corrected chi connectivity index (χ4v) is 2.68. The van der Waals surface area contributed by atoms with Crippen LogP contribution >= 0.6 is 11.3 Å². The molecule has 0 atom stereocenters. The number of nitro groups is 1. The number of imidazole rings is 1. The van der Waals surface area contributed by atoms with E-state index in [9.17, 15) is 19.7 Å². The Balaban J connectivity index is 1.51.